The number of carbonyl (C=O) groups is 2. The Hall–Kier alpha value is -2.10. The van der Waals surface area contributed by atoms with Crippen molar-refractivity contribution in [3.8, 4) is 0 Å². The largest absolute Gasteiger partial charge is 0.360 e. The van der Waals surface area contributed by atoms with Crippen molar-refractivity contribution in [1.82, 2.24) is 15.0 Å². The maximum Gasteiger partial charge on any atom is 0.235 e. The zero-order valence-electron chi connectivity index (χ0n) is 16.4. The molecule has 0 saturated carbocycles. The average molecular weight is 465 g/mol. The van der Waals surface area contributed by atoms with Crippen LogP contribution in [0.4, 0.5) is 5.82 Å². The summed E-state index contributed by atoms with van der Waals surface area (Å²) in [6, 6.07) is 7.44. The van der Waals surface area contributed by atoms with Gasteiger partial charge < -0.3 is 14.7 Å². The average Bonchev–Trinajstić information content (AvgIpc) is 3.33. The number of halogens is 1. The van der Waals surface area contributed by atoms with E-state index in [1.807, 2.05) is 23.1 Å². The predicted molar refractivity (Wildman–Crippen MR) is 120 cm³/mol. The van der Waals surface area contributed by atoms with E-state index in [4.69, 9.17) is 21.1 Å². The fraction of sp³-hybridized carbons (Fsp3) is 0.400. The standard InChI is InChI=1S/C20H21ClN4O3S2/c1-12-8-17(24-28-12)23-18(26)10-29-11-19(27)25-6-4-13(5-7-25)20-22-15-9-14(21)2-3-16(15)30-20/h2-3,8-9,13H,4-7,10-11H2,1H3,(H,23,24,26). The molecule has 0 radical (unpaired) electrons. The van der Waals surface area contributed by atoms with Crippen LogP contribution in [0.3, 0.4) is 0 Å². The van der Waals surface area contributed by atoms with Gasteiger partial charge in [0, 0.05) is 30.1 Å². The molecule has 1 aliphatic rings. The molecule has 4 rings (SSSR count). The Morgan fingerprint density at radius 1 is 1.30 bits per heavy atom. The number of benzene rings is 1. The molecule has 30 heavy (non-hydrogen) atoms. The molecule has 0 bridgehead atoms. The number of thioether (sulfide) groups is 1. The predicted octanol–water partition coefficient (Wildman–Crippen LogP) is 4.32. The zero-order valence-corrected chi connectivity index (χ0v) is 18.8. The summed E-state index contributed by atoms with van der Waals surface area (Å²) in [7, 11) is 0. The number of rotatable bonds is 6. The van der Waals surface area contributed by atoms with Crippen LogP contribution in [0.2, 0.25) is 5.02 Å². The number of amides is 2. The second-order valence-corrected chi connectivity index (χ2v) is 9.67. The van der Waals surface area contributed by atoms with Gasteiger partial charge in [0.25, 0.3) is 0 Å². The molecule has 7 nitrogen and oxygen atoms in total. The van der Waals surface area contributed by atoms with Crippen LogP contribution in [-0.4, -0.2) is 51.5 Å². The first kappa shape index (κ1) is 21.1. The molecule has 0 aliphatic carbocycles. The van der Waals surface area contributed by atoms with E-state index in [-0.39, 0.29) is 23.3 Å². The Morgan fingerprint density at radius 2 is 2.10 bits per heavy atom. The first-order valence-electron chi connectivity index (χ1n) is 9.62. The van der Waals surface area contributed by atoms with Gasteiger partial charge in [-0.05, 0) is 38.0 Å². The highest BCUT2D eigenvalue weighted by Crippen LogP contribution is 2.34. The number of piperidine rings is 1. The van der Waals surface area contributed by atoms with Crippen molar-refractivity contribution in [1.29, 1.82) is 0 Å². The molecule has 2 aromatic heterocycles. The van der Waals surface area contributed by atoms with Crippen molar-refractivity contribution in [2.45, 2.75) is 25.7 Å². The lowest BCUT2D eigenvalue weighted by Gasteiger charge is -2.31. The number of nitrogens with zero attached hydrogens (tertiary/aromatic N) is 3. The third-order valence-electron chi connectivity index (χ3n) is 4.92. The fourth-order valence-corrected chi connectivity index (χ4v) is 5.40. The molecule has 1 saturated heterocycles. The Kier molecular flexibility index (Phi) is 6.60. The van der Waals surface area contributed by atoms with Crippen molar-refractivity contribution in [3.63, 3.8) is 0 Å². The Labute approximate surface area is 187 Å². The normalized spacial score (nSPS) is 14.9. The third-order valence-corrected chi connectivity index (χ3v) is 7.27. The first-order valence-corrected chi connectivity index (χ1v) is 12.0. The number of aromatic nitrogens is 2. The van der Waals surface area contributed by atoms with Crippen LogP contribution >= 0.6 is 34.7 Å². The van der Waals surface area contributed by atoms with Crippen LogP contribution in [-0.2, 0) is 9.59 Å². The summed E-state index contributed by atoms with van der Waals surface area (Å²) in [4.78, 5) is 31.0. The lowest BCUT2D eigenvalue weighted by molar-refractivity contribution is -0.129. The van der Waals surface area contributed by atoms with Gasteiger partial charge in [0.05, 0.1) is 26.7 Å². The van der Waals surface area contributed by atoms with Crippen LogP contribution in [0.15, 0.2) is 28.8 Å². The van der Waals surface area contributed by atoms with Gasteiger partial charge in [-0.2, -0.15) is 0 Å². The Balaban J connectivity index is 1.21. The molecule has 1 aromatic carbocycles. The summed E-state index contributed by atoms with van der Waals surface area (Å²) in [5.74, 6) is 1.75. The molecule has 1 fully saturated rings. The van der Waals surface area contributed by atoms with Crippen LogP contribution in [0.5, 0.6) is 0 Å². The molecule has 2 amide bonds. The van der Waals surface area contributed by atoms with Gasteiger partial charge in [-0.1, -0.05) is 16.8 Å². The third kappa shape index (κ3) is 5.14. The second kappa shape index (κ2) is 9.36. The van der Waals surface area contributed by atoms with Gasteiger partial charge >= 0.3 is 0 Å². The maximum absolute atomic E-state index is 12.5. The summed E-state index contributed by atoms with van der Waals surface area (Å²) in [6.07, 6.45) is 1.80. The van der Waals surface area contributed by atoms with Gasteiger partial charge in [-0.15, -0.1) is 23.1 Å². The van der Waals surface area contributed by atoms with E-state index in [9.17, 15) is 9.59 Å². The van der Waals surface area contributed by atoms with Crippen molar-refractivity contribution in [2.24, 2.45) is 0 Å². The molecule has 10 heteroatoms. The molecular formula is C20H21ClN4O3S2. The molecule has 0 atom stereocenters. The Bertz CT molecular complexity index is 1060. The number of fused-ring (bicyclic) bond motifs is 1. The van der Waals surface area contributed by atoms with Crippen molar-refractivity contribution >= 4 is 62.5 Å². The van der Waals surface area contributed by atoms with E-state index in [1.165, 1.54) is 11.8 Å². The molecule has 1 N–H and O–H groups in total. The SMILES string of the molecule is Cc1cc(NC(=O)CSCC(=O)N2CCC(c3nc4cc(Cl)ccc4s3)CC2)no1. The molecule has 3 aromatic rings. The molecule has 1 aliphatic heterocycles. The summed E-state index contributed by atoms with van der Waals surface area (Å²) < 4.78 is 6.05. The lowest BCUT2D eigenvalue weighted by Crippen LogP contribution is -2.39. The van der Waals surface area contributed by atoms with Crippen molar-refractivity contribution in [3.05, 3.63) is 40.1 Å². The fourth-order valence-electron chi connectivity index (χ4n) is 3.40. The summed E-state index contributed by atoms with van der Waals surface area (Å²) in [5, 5.41) is 8.19. The van der Waals surface area contributed by atoms with Gasteiger partial charge in [-0.25, -0.2) is 4.98 Å². The summed E-state index contributed by atoms with van der Waals surface area (Å²) in [5.41, 5.74) is 0.941. The summed E-state index contributed by atoms with van der Waals surface area (Å²) in [6.45, 7) is 3.18. The van der Waals surface area contributed by atoms with Gasteiger partial charge in [0.2, 0.25) is 11.8 Å². The molecule has 0 unspecified atom stereocenters. The minimum Gasteiger partial charge on any atom is -0.360 e. The van der Waals surface area contributed by atoms with Crippen LogP contribution in [0.25, 0.3) is 10.2 Å². The number of hydrogen-bond acceptors (Lipinski definition) is 7. The summed E-state index contributed by atoms with van der Waals surface area (Å²) >= 11 is 9.07. The minimum absolute atomic E-state index is 0.0691. The van der Waals surface area contributed by atoms with Crippen molar-refractivity contribution < 1.29 is 14.1 Å². The van der Waals surface area contributed by atoms with E-state index < -0.39 is 0 Å². The number of hydrogen-bond donors (Lipinski definition) is 1. The number of anilines is 1. The zero-order chi connectivity index (χ0) is 21.1. The van der Waals surface area contributed by atoms with Gasteiger partial charge in [0.1, 0.15) is 5.76 Å². The van der Waals surface area contributed by atoms with Gasteiger partial charge in [0.15, 0.2) is 5.82 Å². The highest BCUT2D eigenvalue weighted by molar-refractivity contribution is 8.00. The van der Waals surface area contributed by atoms with E-state index in [0.717, 1.165) is 28.1 Å². The maximum atomic E-state index is 12.5. The number of aryl methyl sites for hydroxylation is 1. The molecule has 158 valence electrons. The molecule has 3 heterocycles. The van der Waals surface area contributed by atoms with Crippen LogP contribution in [0.1, 0.15) is 29.5 Å². The van der Waals surface area contributed by atoms with E-state index in [0.29, 0.717) is 35.6 Å². The van der Waals surface area contributed by atoms with E-state index in [1.54, 1.807) is 24.3 Å². The lowest BCUT2D eigenvalue weighted by atomic mass is 9.97. The highest BCUT2D eigenvalue weighted by Gasteiger charge is 2.26. The highest BCUT2D eigenvalue weighted by atomic mass is 35.5. The smallest absolute Gasteiger partial charge is 0.235 e. The van der Waals surface area contributed by atoms with Crippen LogP contribution < -0.4 is 5.32 Å². The topological polar surface area (TPSA) is 88.3 Å². The van der Waals surface area contributed by atoms with Gasteiger partial charge in [-0.3, -0.25) is 9.59 Å². The number of nitrogens with one attached hydrogen (secondary N) is 1. The monoisotopic (exact) mass is 464 g/mol. The van der Waals surface area contributed by atoms with E-state index in [2.05, 4.69) is 10.5 Å². The number of carbonyl (C=O) groups excluding carboxylic acids is 2. The number of thiazole rings is 1. The van der Waals surface area contributed by atoms with E-state index >= 15 is 0 Å². The van der Waals surface area contributed by atoms with Crippen molar-refractivity contribution in [2.75, 3.05) is 29.9 Å². The minimum atomic E-state index is -0.198. The quantitative estimate of drug-likeness (QED) is 0.584. The molecular weight excluding hydrogens is 444 g/mol. The van der Waals surface area contributed by atoms with Crippen LogP contribution in [0, 0.1) is 6.92 Å². The Morgan fingerprint density at radius 3 is 2.83 bits per heavy atom. The molecule has 0 spiro atoms. The number of likely N-dealkylation sites (tertiary alicyclic amines) is 1. The first-order chi connectivity index (χ1) is 14.5. The second-order valence-electron chi connectivity index (χ2n) is 7.18.